The van der Waals surface area contributed by atoms with Crippen LogP contribution in [0, 0.1) is 0 Å². The van der Waals surface area contributed by atoms with Crippen LogP contribution >= 0.6 is 11.6 Å². The number of halogens is 1. The van der Waals surface area contributed by atoms with Gasteiger partial charge in [0, 0.05) is 11.1 Å². The van der Waals surface area contributed by atoms with Gasteiger partial charge in [-0.1, -0.05) is 23.7 Å². The van der Waals surface area contributed by atoms with Gasteiger partial charge in [0.25, 0.3) is 0 Å². The molecule has 1 aromatic carbocycles. The summed E-state index contributed by atoms with van der Waals surface area (Å²) in [5.74, 6) is -0.0983. The van der Waals surface area contributed by atoms with Gasteiger partial charge in [0.1, 0.15) is 0 Å². The van der Waals surface area contributed by atoms with Crippen LogP contribution in [0.25, 0.3) is 0 Å². The quantitative estimate of drug-likeness (QED) is 0.817. The fourth-order valence-electron chi connectivity index (χ4n) is 1.16. The Morgan fingerprint density at radius 1 is 1.47 bits per heavy atom. The van der Waals surface area contributed by atoms with Crippen LogP contribution in [-0.2, 0) is 11.2 Å². The average molecular weight is 228 g/mol. The van der Waals surface area contributed by atoms with E-state index in [2.05, 4.69) is 5.32 Å². The van der Waals surface area contributed by atoms with Crippen LogP contribution in [0.5, 0.6) is 0 Å². The predicted octanol–water partition coefficient (Wildman–Crippen LogP) is 1.38. The van der Waals surface area contributed by atoms with Gasteiger partial charge in [-0.2, -0.15) is 0 Å². The third-order valence-corrected chi connectivity index (χ3v) is 2.21. The molecule has 0 aliphatic carbocycles. The molecule has 3 nitrogen and oxygen atoms in total. The second-order valence-electron chi connectivity index (χ2n) is 3.45. The maximum Gasteiger partial charge on any atom is 0.224 e. The summed E-state index contributed by atoms with van der Waals surface area (Å²) in [5, 5.41) is 12.1. The number of aliphatic hydroxyl groups excluding tert-OH is 1. The first-order valence-electron chi connectivity index (χ1n) is 4.76. The maximum absolute atomic E-state index is 11.4. The van der Waals surface area contributed by atoms with Crippen LogP contribution in [-0.4, -0.2) is 23.7 Å². The van der Waals surface area contributed by atoms with E-state index in [9.17, 15) is 4.79 Å². The van der Waals surface area contributed by atoms with E-state index in [1.54, 1.807) is 19.1 Å². The molecule has 1 rings (SSSR count). The standard InChI is InChI=1S/C11H14ClNO2/c1-8(7-14)13-11(15)6-9-2-4-10(12)5-3-9/h2-5,8,14H,6-7H2,1H3,(H,13,15)/t8-/m1/s1. The van der Waals surface area contributed by atoms with Crippen molar-refractivity contribution < 1.29 is 9.90 Å². The van der Waals surface area contributed by atoms with Gasteiger partial charge in [0.05, 0.1) is 13.0 Å². The molecule has 0 saturated carbocycles. The minimum atomic E-state index is -0.204. The minimum Gasteiger partial charge on any atom is -0.394 e. The molecule has 0 spiro atoms. The van der Waals surface area contributed by atoms with Crippen LogP contribution in [0.1, 0.15) is 12.5 Å². The summed E-state index contributed by atoms with van der Waals surface area (Å²) in [5.41, 5.74) is 0.905. The first-order chi connectivity index (χ1) is 7.11. The zero-order valence-corrected chi connectivity index (χ0v) is 9.29. The van der Waals surface area contributed by atoms with E-state index in [1.807, 2.05) is 12.1 Å². The van der Waals surface area contributed by atoms with Crippen LogP contribution in [0.15, 0.2) is 24.3 Å². The Balaban J connectivity index is 2.48. The van der Waals surface area contributed by atoms with Gasteiger partial charge >= 0.3 is 0 Å². The Labute approximate surface area is 94.1 Å². The second-order valence-corrected chi connectivity index (χ2v) is 3.89. The number of hydrogen-bond acceptors (Lipinski definition) is 2. The molecule has 1 aromatic rings. The van der Waals surface area contributed by atoms with Crippen molar-refractivity contribution in [2.75, 3.05) is 6.61 Å². The molecule has 1 atom stereocenters. The van der Waals surface area contributed by atoms with E-state index in [0.717, 1.165) is 5.56 Å². The molecule has 0 unspecified atom stereocenters. The van der Waals surface area contributed by atoms with E-state index < -0.39 is 0 Å². The third-order valence-electron chi connectivity index (χ3n) is 1.96. The van der Waals surface area contributed by atoms with Crippen molar-refractivity contribution in [2.24, 2.45) is 0 Å². The van der Waals surface area contributed by atoms with Crippen LogP contribution < -0.4 is 5.32 Å². The number of carbonyl (C=O) groups excluding carboxylic acids is 1. The van der Waals surface area contributed by atoms with E-state index in [0.29, 0.717) is 11.4 Å². The molecule has 15 heavy (non-hydrogen) atoms. The molecule has 0 aromatic heterocycles. The second kappa shape index (κ2) is 5.73. The highest BCUT2D eigenvalue weighted by atomic mass is 35.5. The number of aliphatic hydroxyl groups is 1. The highest BCUT2D eigenvalue weighted by molar-refractivity contribution is 6.30. The molecule has 1 amide bonds. The normalized spacial score (nSPS) is 12.2. The molecule has 4 heteroatoms. The molecule has 0 saturated heterocycles. The van der Waals surface area contributed by atoms with Gasteiger partial charge in [0.15, 0.2) is 0 Å². The fraction of sp³-hybridized carbons (Fsp3) is 0.364. The topological polar surface area (TPSA) is 49.3 Å². The Morgan fingerprint density at radius 2 is 2.07 bits per heavy atom. The van der Waals surface area contributed by atoms with Gasteiger partial charge in [-0.25, -0.2) is 0 Å². The molecule has 0 bridgehead atoms. The lowest BCUT2D eigenvalue weighted by molar-refractivity contribution is -0.121. The maximum atomic E-state index is 11.4. The number of nitrogens with one attached hydrogen (secondary N) is 1. The first-order valence-corrected chi connectivity index (χ1v) is 5.14. The van der Waals surface area contributed by atoms with Gasteiger partial charge in [-0.15, -0.1) is 0 Å². The van der Waals surface area contributed by atoms with E-state index in [-0.39, 0.29) is 18.6 Å². The molecule has 2 N–H and O–H groups in total. The lowest BCUT2D eigenvalue weighted by Gasteiger charge is -2.10. The summed E-state index contributed by atoms with van der Waals surface area (Å²) in [7, 11) is 0. The van der Waals surface area contributed by atoms with Crippen molar-refractivity contribution in [1.82, 2.24) is 5.32 Å². The number of rotatable bonds is 4. The summed E-state index contributed by atoms with van der Waals surface area (Å²) in [4.78, 5) is 11.4. The average Bonchev–Trinajstić information content (AvgIpc) is 2.21. The summed E-state index contributed by atoms with van der Waals surface area (Å²) >= 11 is 5.72. The van der Waals surface area contributed by atoms with Gasteiger partial charge < -0.3 is 10.4 Å². The molecule has 0 aliphatic heterocycles. The van der Waals surface area contributed by atoms with Gasteiger partial charge in [-0.3, -0.25) is 4.79 Å². The SMILES string of the molecule is C[C@H](CO)NC(=O)Cc1ccc(Cl)cc1. The molecular formula is C11H14ClNO2. The first kappa shape index (κ1) is 12.0. The lowest BCUT2D eigenvalue weighted by Crippen LogP contribution is -2.35. The molecule has 0 radical (unpaired) electrons. The highest BCUT2D eigenvalue weighted by Gasteiger charge is 2.06. The predicted molar refractivity (Wildman–Crippen MR) is 59.8 cm³/mol. The molecular weight excluding hydrogens is 214 g/mol. The van der Waals surface area contributed by atoms with Crippen molar-refractivity contribution in [1.29, 1.82) is 0 Å². The summed E-state index contributed by atoms with van der Waals surface area (Å²) in [6.45, 7) is 1.70. The summed E-state index contributed by atoms with van der Waals surface area (Å²) in [6, 6.07) is 6.92. The van der Waals surface area contributed by atoms with E-state index >= 15 is 0 Å². The van der Waals surface area contributed by atoms with Crippen LogP contribution in [0.2, 0.25) is 5.02 Å². The van der Waals surface area contributed by atoms with Crippen molar-refractivity contribution in [3.8, 4) is 0 Å². The van der Waals surface area contributed by atoms with Gasteiger partial charge in [-0.05, 0) is 24.6 Å². The van der Waals surface area contributed by atoms with Crippen molar-refractivity contribution in [2.45, 2.75) is 19.4 Å². The number of carbonyl (C=O) groups is 1. The number of hydrogen-bond donors (Lipinski definition) is 2. The van der Waals surface area contributed by atoms with E-state index in [4.69, 9.17) is 16.7 Å². The Hall–Kier alpha value is -1.06. The molecule has 0 heterocycles. The van der Waals surface area contributed by atoms with Crippen LogP contribution in [0.4, 0.5) is 0 Å². The Bertz CT molecular complexity index is 324. The smallest absolute Gasteiger partial charge is 0.224 e. The van der Waals surface area contributed by atoms with E-state index in [1.165, 1.54) is 0 Å². The third kappa shape index (κ3) is 4.32. The fourth-order valence-corrected chi connectivity index (χ4v) is 1.29. The molecule has 0 fully saturated rings. The highest BCUT2D eigenvalue weighted by Crippen LogP contribution is 2.09. The lowest BCUT2D eigenvalue weighted by atomic mass is 10.1. The number of amides is 1. The van der Waals surface area contributed by atoms with Crippen LogP contribution in [0.3, 0.4) is 0 Å². The van der Waals surface area contributed by atoms with Gasteiger partial charge in [0.2, 0.25) is 5.91 Å². The Kier molecular flexibility index (Phi) is 4.59. The zero-order valence-electron chi connectivity index (χ0n) is 8.53. The minimum absolute atomic E-state index is 0.0492. The van der Waals surface area contributed by atoms with Crippen molar-refractivity contribution >= 4 is 17.5 Å². The number of benzene rings is 1. The monoisotopic (exact) mass is 227 g/mol. The summed E-state index contributed by atoms with van der Waals surface area (Å²) in [6.07, 6.45) is 0.307. The molecule has 82 valence electrons. The largest absolute Gasteiger partial charge is 0.394 e. The Morgan fingerprint density at radius 3 is 2.60 bits per heavy atom. The summed E-state index contributed by atoms with van der Waals surface area (Å²) < 4.78 is 0. The van der Waals surface area contributed by atoms with Crippen molar-refractivity contribution in [3.05, 3.63) is 34.9 Å². The van der Waals surface area contributed by atoms with Crippen molar-refractivity contribution in [3.63, 3.8) is 0 Å². The molecule has 0 aliphatic rings. The zero-order chi connectivity index (χ0) is 11.3.